The zero-order valence-electron chi connectivity index (χ0n) is 17.8. The molecule has 0 spiro atoms. The van der Waals surface area contributed by atoms with E-state index in [4.69, 9.17) is 34.8 Å². The number of sulfonamides is 1. The smallest absolute Gasteiger partial charge is 0.258 e. The average Bonchev–Trinajstić information content (AvgIpc) is 3.14. The van der Waals surface area contributed by atoms with E-state index < -0.39 is 15.9 Å². The van der Waals surface area contributed by atoms with E-state index in [1.807, 2.05) is 0 Å². The monoisotopic (exact) mass is 544 g/mol. The van der Waals surface area contributed by atoms with Gasteiger partial charge in [-0.05, 0) is 42.7 Å². The number of halogens is 4. The standard InChI is InChI=1S/C22H20Cl3FN4O3S/c23-17-11-18(24)20(34(32,33)30-8-2-1-3-9-30)10-16(17)22(31)27-21-19(25)13-29(28-21)12-14-4-6-15(26)7-5-14/h4-7,10-11,13H,1-3,8-9,12H2,(H,27,28,31). The van der Waals surface area contributed by atoms with Gasteiger partial charge in [-0.2, -0.15) is 9.40 Å². The Morgan fingerprint density at radius 3 is 2.35 bits per heavy atom. The highest BCUT2D eigenvalue weighted by molar-refractivity contribution is 7.89. The van der Waals surface area contributed by atoms with E-state index in [2.05, 4.69) is 10.4 Å². The molecule has 180 valence electrons. The van der Waals surface area contributed by atoms with Crippen molar-refractivity contribution in [2.45, 2.75) is 30.7 Å². The lowest BCUT2D eigenvalue weighted by Gasteiger charge is -2.26. The Hall–Kier alpha value is -2.17. The maximum atomic E-state index is 13.1. The summed E-state index contributed by atoms with van der Waals surface area (Å²) in [5.74, 6) is -0.970. The van der Waals surface area contributed by atoms with E-state index in [9.17, 15) is 17.6 Å². The maximum absolute atomic E-state index is 13.1. The van der Waals surface area contributed by atoms with Crippen LogP contribution in [0.1, 0.15) is 35.2 Å². The number of amides is 1. The summed E-state index contributed by atoms with van der Waals surface area (Å²) >= 11 is 18.6. The molecule has 1 N–H and O–H groups in total. The van der Waals surface area contributed by atoms with Crippen LogP contribution < -0.4 is 5.32 Å². The van der Waals surface area contributed by atoms with Crippen LogP contribution in [-0.2, 0) is 16.6 Å². The molecule has 1 aromatic heterocycles. The fourth-order valence-corrected chi connectivity index (χ4v) is 6.21. The first-order chi connectivity index (χ1) is 16.1. The van der Waals surface area contributed by atoms with Crippen molar-refractivity contribution in [3.63, 3.8) is 0 Å². The van der Waals surface area contributed by atoms with Gasteiger partial charge in [-0.3, -0.25) is 9.48 Å². The van der Waals surface area contributed by atoms with Crippen LogP contribution in [0.25, 0.3) is 0 Å². The quantitative estimate of drug-likeness (QED) is 0.446. The summed E-state index contributed by atoms with van der Waals surface area (Å²) < 4.78 is 42.2. The van der Waals surface area contributed by atoms with Crippen molar-refractivity contribution in [1.29, 1.82) is 0 Å². The van der Waals surface area contributed by atoms with Crippen LogP contribution in [0, 0.1) is 5.82 Å². The second-order valence-corrected chi connectivity index (χ2v) is 11.0. The molecular formula is C22H20Cl3FN4O3S. The van der Waals surface area contributed by atoms with E-state index in [1.165, 1.54) is 39.4 Å². The second-order valence-electron chi connectivity index (χ2n) is 7.83. The lowest BCUT2D eigenvalue weighted by molar-refractivity contribution is 0.102. The van der Waals surface area contributed by atoms with Crippen LogP contribution in [0.3, 0.4) is 0 Å². The summed E-state index contributed by atoms with van der Waals surface area (Å²) in [6, 6.07) is 8.31. The van der Waals surface area contributed by atoms with Gasteiger partial charge in [-0.15, -0.1) is 0 Å². The summed E-state index contributed by atoms with van der Waals surface area (Å²) in [6.07, 6.45) is 3.99. The minimum Gasteiger partial charge on any atom is -0.304 e. The van der Waals surface area contributed by atoms with Crippen LogP contribution in [-0.4, -0.2) is 41.5 Å². The Balaban J connectivity index is 1.57. The molecule has 2 heterocycles. The minimum absolute atomic E-state index is 0.0121. The Labute approximate surface area is 211 Å². The van der Waals surface area contributed by atoms with Gasteiger partial charge in [0.05, 0.1) is 22.2 Å². The van der Waals surface area contributed by atoms with Crippen LogP contribution >= 0.6 is 34.8 Å². The number of nitrogens with zero attached hydrogens (tertiary/aromatic N) is 3. The number of hydrogen-bond donors (Lipinski definition) is 1. The molecule has 0 radical (unpaired) electrons. The fourth-order valence-electron chi connectivity index (χ4n) is 3.66. The summed E-state index contributed by atoms with van der Waals surface area (Å²) in [7, 11) is -3.89. The number of aromatic nitrogens is 2. The molecule has 1 fully saturated rings. The fraction of sp³-hybridized carbons (Fsp3) is 0.273. The molecule has 1 aliphatic heterocycles. The molecule has 0 saturated carbocycles. The molecule has 34 heavy (non-hydrogen) atoms. The summed E-state index contributed by atoms with van der Waals surface area (Å²) in [4.78, 5) is 12.8. The molecular weight excluding hydrogens is 526 g/mol. The first-order valence-electron chi connectivity index (χ1n) is 10.4. The SMILES string of the molecule is O=C(Nc1nn(Cc2ccc(F)cc2)cc1Cl)c1cc(S(=O)(=O)N2CCCCC2)c(Cl)cc1Cl. The molecule has 1 aliphatic rings. The normalized spacial score (nSPS) is 14.8. The van der Waals surface area contributed by atoms with Gasteiger partial charge in [-0.25, -0.2) is 12.8 Å². The van der Waals surface area contributed by atoms with Crippen molar-refractivity contribution >= 4 is 56.6 Å². The second kappa shape index (κ2) is 10.2. The maximum Gasteiger partial charge on any atom is 0.258 e. The van der Waals surface area contributed by atoms with Gasteiger partial charge < -0.3 is 5.32 Å². The molecule has 12 heteroatoms. The third-order valence-corrected chi connectivity index (χ3v) is 8.36. The first kappa shape index (κ1) is 24.9. The highest BCUT2D eigenvalue weighted by atomic mass is 35.5. The van der Waals surface area contributed by atoms with Gasteiger partial charge in [0.2, 0.25) is 10.0 Å². The number of piperidine rings is 1. The Kier molecular flexibility index (Phi) is 7.49. The van der Waals surface area contributed by atoms with Crippen LogP contribution in [0.15, 0.2) is 47.5 Å². The van der Waals surface area contributed by atoms with E-state index in [-0.39, 0.29) is 37.2 Å². The molecule has 0 aliphatic carbocycles. The highest BCUT2D eigenvalue weighted by Crippen LogP contribution is 2.32. The Morgan fingerprint density at radius 2 is 1.68 bits per heavy atom. The van der Waals surface area contributed by atoms with Crippen molar-refractivity contribution in [3.8, 4) is 0 Å². The third-order valence-electron chi connectivity index (χ3n) is 5.41. The Morgan fingerprint density at radius 1 is 1.00 bits per heavy atom. The molecule has 3 aromatic rings. The molecule has 0 unspecified atom stereocenters. The number of carbonyl (C=O) groups is 1. The zero-order valence-corrected chi connectivity index (χ0v) is 20.9. The molecule has 0 atom stereocenters. The van der Waals surface area contributed by atoms with E-state index >= 15 is 0 Å². The largest absolute Gasteiger partial charge is 0.304 e. The van der Waals surface area contributed by atoms with Gasteiger partial charge in [0.1, 0.15) is 15.7 Å². The van der Waals surface area contributed by atoms with Gasteiger partial charge in [-0.1, -0.05) is 53.4 Å². The van der Waals surface area contributed by atoms with Crippen molar-refractivity contribution in [3.05, 3.63) is 74.6 Å². The highest BCUT2D eigenvalue weighted by Gasteiger charge is 2.30. The van der Waals surface area contributed by atoms with Crippen LogP contribution in [0.4, 0.5) is 10.2 Å². The lowest BCUT2D eigenvalue weighted by atomic mass is 10.2. The van der Waals surface area contributed by atoms with Crippen molar-refractivity contribution in [2.24, 2.45) is 0 Å². The average molecular weight is 546 g/mol. The molecule has 2 aromatic carbocycles. The first-order valence-corrected chi connectivity index (χ1v) is 13.0. The molecule has 1 saturated heterocycles. The molecule has 1 amide bonds. The van der Waals surface area contributed by atoms with Crippen molar-refractivity contribution in [1.82, 2.24) is 14.1 Å². The Bertz CT molecular complexity index is 1320. The number of nitrogens with one attached hydrogen (secondary N) is 1. The van der Waals surface area contributed by atoms with Gasteiger partial charge in [0, 0.05) is 19.3 Å². The van der Waals surface area contributed by atoms with Crippen LogP contribution in [0.5, 0.6) is 0 Å². The summed E-state index contributed by atoms with van der Waals surface area (Å²) in [5, 5.41) is 6.90. The number of rotatable bonds is 6. The van der Waals surface area contributed by atoms with Gasteiger partial charge in [0.15, 0.2) is 5.82 Å². The minimum atomic E-state index is -3.89. The number of carbonyl (C=O) groups excluding carboxylic acids is 1. The molecule has 4 rings (SSSR count). The lowest BCUT2D eigenvalue weighted by Crippen LogP contribution is -2.35. The number of benzene rings is 2. The molecule has 7 nitrogen and oxygen atoms in total. The summed E-state index contributed by atoms with van der Waals surface area (Å²) in [5.41, 5.74) is 0.706. The van der Waals surface area contributed by atoms with E-state index in [0.717, 1.165) is 24.8 Å². The van der Waals surface area contributed by atoms with Crippen molar-refractivity contribution < 1.29 is 17.6 Å². The topological polar surface area (TPSA) is 84.3 Å². The zero-order chi connectivity index (χ0) is 24.5. The van der Waals surface area contributed by atoms with Gasteiger partial charge >= 0.3 is 0 Å². The van der Waals surface area contributed by atoms with Crippen LogP contribution in [0.2, 0.25) is 15.1 Å². The summed E-state index contributed by atoms with van der Waals surface area (Å²) in [6.45, 7) is 1.09. The predicted molar refractivity (Wildman–Crippen MR) is 130 cm³/mol. The van der Waals surface area contributed by atoms with Crippen molar-refractivity contribution in [2.75, 3.05) is 18.4 Å². The number of hydrogen-bond acceptors (Lipinski definition) is 4. The van der Waals surface area contributed by atoms with Gasteiger partial charge in [0.25, 0.3) is 5.91 Å². The van der Waals surface area contributed by atoms with E-state index in [0.29, 0.717) is 19.6 Å². The predicted octanol–water partition coefficient (Wildman–Crippen LogP) is 5.46. The third kappa shape index (κ3) is 5.39. The molecule has 0 bridgehead atoms. The van der Waals surface area contributed by atoms with E-state index in [1.54, 1.807) is 12.1 Å². The number of anilines is 1.